The van der Waals surface area contributed by atoms with Gasteiger partial charge >= 0.3 is 0 Å². The first-order valence-corrected chi connectivity index (χ1v) is 5.58. The van der Waals surface area contributed by atoms with Gasteiger partial charge in [0.25, 0.3) is 0 Å². The van der Waals surface area contributed by atoms with Gasteiger partial charge < -0.3 is 0 Å². The first-order valence-electron chi connectivity index (χ1n) is 4.59. The van der Waals surface area contributed by atoms with Crippen LogP contribution in [-0.2, 0) is 0 Å². The highest BCUT2D eigenvalue weighted by atomic mass is 32.2. The molecule has 0 amide bonds. The van der Waals surface area contributed by atoms with E-state index in [0.717, 1.165) is 16.6 Å². The average Bonchev–Trinajstić information content (AvgIpc) is 2.62. The molecule has 2 heterocycles. The van der Waals surface area contributed by atoms with E-state index in [1.807, 2.05) is 0 Å². The molecule has 2 aliphatic rings. The fourth-order valence-corrected chi connectivity index (χ4v) is 2.11. The lowest BCUT2D eigenvalue weighted by Gasteiger charge is -2.14. The monoisotopic (exact) mass is 208 g/mol. The standard InChI is InChI=1S/C9H12N4S/c1-6(2)3-14-9-7-8(11-4-10-7)12-5-13-9/h4-7H,3H2,1-2H3. The first kappa shape index (κ1) is 9.58. The van der Waals surface area contributed by atoms with E-state index in [0.29, 0.717) is 5.92 Å². The third-order valence-corrected chi connectivity index (χ3v) is 3.28. The number of hydrogen-bond acceptors (Lipinski definition) is 5. The summed E-state index contributed by atoms with van der Waals surface area (Å²) >= 11 is 1.75. The molecular weight excluding hydrogens is 196 g/mol. The molecule has 5 heteroatoms. The second kappa shape index (κ2) is 4.04. The summed E-state index contributed by atoms with van der Waals surface area (Å²) in [5.74, 6) is 2.49. The molecule has 0 aromatic heterocycles. The number of rotatable bonds is 2. The average molecular weight is 208 g/mol. The van der Waals surface area contributed by atoms with E-state index in [1.165, 1.54) is 0 Å². The summed E-state index contributed by atoms with van der Waals surface area (Å²) in [5.41, 5.74) is 0. The van der Waals surface area contributed by atoms with Crippen LogP contribution in [0.15, 0.2) is 20.0 Å². The smallest absolute Gasteiger partial charge is 0.163 e. The van der Waals surface area contributed by atoms with Crippen LogP contribution in [0.4, 0.5) is 0 Å². The minimum absolute atomic E-state index is 0.0243. The van der Waals surface area contributed by atoms with Gasteiger partial charge in [-0.1, -0.05) is 13.8 Å². The van der Waals surface area contributed by atoms with Crippen molar-refractivity contribution in [3.05, 3.63) is 0 Å². The Labute approximate surface area is 87.4 Å². The van der Waals surface area contributed by atoms with Crippen molar-refractivity contribution in [3.8, 4) is 0 Å². The molecule has 2 rings (SSSR count). The summed E-state index contributed by atoms with van der Waals surface area (Å²) in [4.78, 5) is 16.6. The lowest BCUT2D eigenvalue weighted by molar-refractivity contribution is 0.752. The zero-order valence-corrected chi connectivity index (χ0v) is 9.03. The number of thioether (sulfide) groups is 1. The fourth-order valence-electron chi connectivity index (χ4n) is 1.16. The predicted molar refractivity (Wildman–Crippen MR) is 62.9 cm³/mol. The second-order valence-electron chi connectivity index (χ2n) is 3.57. The maximum absolute atomic E-state index is 4.24. The first-order chi connectivity index (χ1) is 6.77. The molecular formula is C9H12N4S. The third-order valence-electron chi connectivity index (χ3n) is 1.82. The van der Waals surface area contributed by atoms with Gasteiger partial charge in [0.05, 0.1) is 0 Å². The van der Waals surface area contributed by atoms with Crippen molar-refractivity contribution in [2.45, 2.75) is 19.9 Å². The third kappa shape index (κ3) is 1.92. The van der Waals surface area contributed by atoms with Crippen LogP contribution in [0.5, 0.6) is 0 Å². The molecule has 0 saturated carbocycles. The maximum Gasteiger partial charge on any atom is 0.163 e. The van der Waals surface area contributed by atoms with E-state index in [9.17, 15) is 0 Å². The van der Waals surface area contributed by atoms with Gasteiger partial charge in [-0.15, -0.1) is 11.8 Å². The number of aliphatic imine (C=N–C) groups is 4. The van der Waals surface area contributed by atoms with Crippen molar-refractivity contribution < 1.29 is 0 Å². The van der Waals surface area contributed by atoms with Gasteiger partial charge in [0.2, 0.25) is 0 Å². The molecule has 0 bridgehead atoms. The largest absolute Gasteiger partial charge is 0.255 e. The minimum atomic E-state index is -0.0243. The van der Waals surface area contributed by atoms with Crippen molar-refractivity contribution in [2.24, 2.45) is 25.9 Å². The van der Waals surface area contributed by atoms with Gasteiger partial charge in [-0.2, -0.15) is 0 Å². The van der Waals surface area contributed by atoms with Gasteiger partial charge in [-0.3, -0.25) is 4.99 Å². The van der Waals surface area contributed by atoms with Gasteiger partial charge in [0, 0.05) is 5.75 Å². The molecule has 14 heavy (non-hydrogen) atoms. The van der Waals surface area contributed by atoms with Gasteiger partial charge in [0.1, 0.15) is 17.7 Å². The van der Waals surface area contributed by atoms with Crippen LogP contribution in [0.2, 0.25) is 0 Å². The molecule has 1 unspecified atom stereocenters. The van der Waals surface area contributed by atoms with Crippen molar-refractivity contribution in [3.63, 3.8) is 0 Å². The molecule has 2 aliphatic heterocycles. The highest BCUT2D eigenvalue weighted by Gasteiger charge is 2.26. The summed E-state index contributed by atoms with van der Waals surface area (Å²) in [6.07, 6.45) is 3.13. The number of fused-ring (bicyclic) bond motifs is 1. The molecule has 0 fully saturated rings. The van der Waals surface area contributed by atoms with E-state index in [1.54, 1.807) is 24.4 Å². The van der Waals surface area contributed by atoms with Crippen LogP contribution in [0.25, 0.3) is 0 Å². The molecule has 0 aliphatic carbocycles. The Morgan fingerprint density at radius 2 is 2.21 bits per heavy atom. The summed E-state index contributed by atoms with van der Waals surface area (Å²) in [6.45, 7) is 4.38. The quantitative estimate of drug-likeness (QED) is 0.680. The number of amidine groups is 1. The lowest BCUT2D eigenvalue weighted by atomic mass is 10.3. The Bertz CT molecular complexity index is 341. The van der Waals surface area contributed by atoms with Crippen molar-refractivity contribution >= 4 is 35.3 Å². The van der Waals surface area contributed by atoms with Crippen molar-refractivity contribution in [1.29, 1.82) is 0 Å². The van der Waals surface area contributed by atoms with Crippen LogP contribution in [-0.4, -0.2) is 35.4 Å². The zero-order valence-electron chi connectivity index (χ0n) is 8.21. The molecule has 0 spiro atoms. The Balaban J connectivity index is 2.04. The van der Waals surface area contributed by atoms with Crippen LogP contribution < -0.4 is 0 Å². The van der Waals surface area contributed by atoms with Crippen molar-refractivity contribution in [2.75, 3.05) is 5.75 Å². The van der Waals surface area contributed by atoms with Crippen LogP contribution in [0.1, 0.15) is 13.8 Å². The van der Waals surface area contributed by atoms with E-state index in [2.05, 4.69) is 33.8 Å². The summed E-state index contributed by atoms with van der Waals surface area (Å²) in [7, 11) is 0. The highest BCUT2D eigenvalue weighted by molar-refractivity contribution is 8.14. The zero-order chi connectivity index (χ0) is 9.97. The highest BCUT2D eigenvalue weighted by Crippen LogP contribution is 2.19. The van der Waals surface area contributed by atoms with E-state index >= 15 is 0 Å². The Morgan fingerprint density at radius 1 is 1.36 bits per heavy atom. The summed E-state index contributed by atoms with van der Waals surface area (Å²) in [5, 5.41) is 1.02. The Hall–Kier alpha value is -0.970. The van der Waals surface area contributed by atoms with Crippen molar-refractivity contribution in [1.82, 2.24) is 0 Å². The van der Waals surface area contributed by atoms with E-state index in [-0.39, 0.29) is 6.04 Å². The molecule has 74 valence electrons. The Kier molecular flexibility index (Phi) is 2.77. The van der Waals surface area contributed by atoms with Crippen LogP contribution >= 0.6 is 11.8 Å². The maximum atomic E-state index is 4.24. The minimum Gasteiger partial charge on any atom is -0.255 e. The molecule has 4 nitrogen and oxygen atoms in total. The van der Waals surface area contributed by atoms with E-state index in [4.69, 9.17) is 0 Å². The van der Waals surface area contributed by atoms with E-state index < -0.39 is 0 Å². The second-order valence-corrected chi connectivity index (χ2v) is 4.61. The Morgan fingerprint density at radius 3 is 3.00 bits per heavy atom. The SMILES string of the molecule is CC(C)CSC1=NC=NC2=NC=NC21. The molecule has 0 N–H and O–H groups in total. The van der Waals surface area contributed by atoms with Crippen LogP contribution in [0, 0.1) is 5.92 Å². The fraction of sp³-hybridized carbons (Fsp3) is 0.556. The van der Waals surface area contributed by atoms with Gasteiger partial charge in [0.15, 0.2) is 11.9 Å². The predicted octanol–water partition coefficient (Wildman–Crippen LogP) is 1.62. The molecule has 0 aromatic rings. The van der Waals surface area contributed by atoms with Crippen LogP contribution in [0.3, 0.4) is 0 Å². The molecule has 0 radical (unpaired) electrons. The molecule has 0 saturated heterocycles. The topological polar surface area (TPSA) is 49.4 Å². The van der Waals surface area contributed by atoms with Gasteiger partial charge in [-0.05, 0) is 5.92 Å². The number of nitrogens with zero attached hydrogens (tertiary/aromatic N) is 4. The van der Waals surface area contributed by atoms with Gasteiger partial charge in [-0.25, -0.2) is 15.0 Å². The summed E-state index contributed by atoms with van der Waals surface area (Å²) in [6, 6.07) is -0.0243. The normalized spacial score (nSPS) is 23.8. The molecule has 1 atom stereocenters. The lowest BCUT2D eigenvalue weighted by Crippen LogP contribution is -2.26. The number of hydrogen-bond donors (Lipinski definition) is 0. The summed E-state index contributed by atoms with van der Waals surface area (Å²) < 4.78 is 0. The molecule has 0 aromatic carbocycles.